The molecule has 0 saturated heterocycles. The fourth-order valence-electron chi connectivity index (χ4n) is 7.45. The molecule has 11 aromatic rings. The van der Waals surface area contributed by atoms with Crippen LogP contribution in [0.2, 0.25) is 0 Å². The zero-order valence-electron chi connectivity index (χ0n) is 29.8. The minimum absolute atomic E-state index is 0.559. The second kappa shape index (κ2) is 13.0. The fraction of sp³-hybridized carbons (Fsp3) is 0. The highest BCUT2D eigenvalue weighted by atomic mass is 16.3. The SMILES string of the molecule is c1ccc(-c2ccc(-c3nc(-c4ccccc4)nc(-c4ccc5oc6cccc(-c7nc(-c8ccccc8)c8oc9ccccc9c8n7)c6c5c4)n3)cc2)cc1. The number of fused-ring (bicyclic) bond motifs is 6. The van der Waals surface area contributed by atoms with E-state index in [2.05, 4.69) is 48.5 Å². The van der Waals surface area contributed by atoms with Gasteiger partial charge in [0.25, 0.3) is 0 Å². The molecular formula is C49H29N5O2. The number of hydrogen-bond acceptors (Lipinski definition) is 7. The van der Waals surface area contributed by atoms with Crippen LogP contribution in [0.1, 0.15) is 0 Å². The van der Waals surface area contributed by atoms with E-state index in [1.807, 2.05) is 127 Å². The van der Waals surface area contributed by atoms with E-state index in [4.69, 9.17) is 33.8 Å². The van der Waals surface area contributed by atoms with E-state index in [0.717, 1.165) is 83.1 Å². The molecule has 0 aliphatic heterocycles. The van der Waals surface area contributed by atoms with Gasteiger partial charge in [0.1, 0.15) is 28.0 Å². The number of para-hydroxylation sites is 1. The molecule has 0 unspecified atom stereocenters. The van der Waals surface area contributed by atoms with Crippen LogP contribution >= 0.6 is 0 Å². The molecule has 0 N–H and O–H groups in total. The molecule has 11 rings (SSSR count). The van der Waals surface area contributed by atoms with Gasteiger partial charge in [-0.1, -0.05) is 140 Å². The van der Waals surface area contributed by atoms with Crippen LogP contribution in [0.25, 0.3) is 112 Å². The highest BCUT2D eigenvalue weighted by Crippen LogP contribution is 2.40. The Morgan fingerprint density at radius 3 is 1.59 bits per heavy atom. The van der Waals surface area contributed by atoms with Crippen molar-refractivity contribution in [3.63, 3.8) is 0 Å². The van der Waals surface area contributed by atoms with Crippen molar-refractivity contribution in [2.75, 3.05) is 0 Å². The van der Waals surface area contributed by atoms with Crippen molar-refractivity contribution in [1.82, 2.24) is 24.9 Å². The first-order chi connectivity index (χ1) is 27.7. The lowest BCUT2D eigenvalue weighted by Crippen LogP contribution is -2.00. The van der Waals surface area contributed by atoms with E-state index >= 15 is 0 Å². The number of benzene rings is 7. The Hall–Kier alpha value is -7.77. The largest absolute Gasteiger partial charge is 0.456 e. The zero-order valence-corrected chi connectivity index (χ0v) is 29.8. The lowest BCUT2D eigenvalue weighted by Gasteiger charge is -2.09. The highest BCUT2D eigenvalue weighted by molar-refractivity contribution is 6.14. The van der Waals surface area contributed by atoms with Gasteiger partial charge in [0, 0.05) is 44.0 Å². The van der Waals surface area contributed by atoms with Crippen LogP contribution < -0.4 is 0 Å². The van der Waals surface area contributed by atoms with Gasteiger partial charge >= 0.3 is 0 Å². The number of aromatic nitrogens is 5. The summed E-state index contributed by atoms with van der Waals surface area (Å²) in [4.78, 5) is 25.4. The first kappa shape index (κ1) is 31.7. The Morgan fingerprint density at radius 2 is 0.857 bits per heavy atom. The lowest BCUT2D eigenvalue weighted by molar-refractivity contribution is 0.667. The summed E-state index contributed by atoms with van der Waals surface area (Å²) in [5, 5.41) is 2.75. The lowest BCUT2D eigenvalue weighted by atomic mass is 10.0. The quantitative estimate of drug-likeness (QED) is 0.169. The van der Waals surface area contributed by atoms with Crippen LogP contribution in [0, 0.1) is 0 Å². The van der Waals surface area contributed by atoms with Crippen molar-refractivity contribution in [1.29, 1.82) is 0 Å². The maximum Gasteiger partial charge on any atom is 0.180 e. The molecule has 7 aromatic carbocycles. The summed E-state index contributed by atoms with van der Waals surface area (Å²) in [5.41, 5.74) is 11.1. The number of furan rings is 2. The van der Waals surface area contributed by atoms with Crippen LogP contribution in [0.3, 0.4) is 0 Å². The van der Waals surface area contributed by atoms with Gasteiger partial charge < -0.3 is 8.83 Å². The summed E-state index contributed by atoms with van der Waals surface area (Å²) in [6, 6.07) is 58.9. The summed E-state index contributed by atoms with van der Waals surface area (Å²) in [5.74, 6) is 2.32. The monoisotopic (exact) mass is 719 g/mol. The molecule has 0 atom stereocenters. The van der Waals surface area contributed by atoms with Crippen LogP contribution in [-0.2, 0) is 0 Å². The number of hydrogen-bond donors (Lipinski definition) is 0. The highest BCUT2D eigenvalue weighted by Gasteiger charge is 2.22. The molecule has 0 bridgehead atoms. The topological polar surface area (TPSA) is 90.7 Å². The van der Waals surface area contributed by atoms with Gasteiger partial charge in [-0.15, -0.1) is 0 Å². The minimum Gasteiger partial charge on any atom is -0.456 e. The summed E-state index contributed by atoms with van der Waals surface area (Å²) in [7, 11) is 0. The molecule has 7 nitrogen and oxygen atoms in total. The zero-order chi connectivity index (χ0) is 37.0. The van der Waals surface area contributed by atoms with Crippen molar-refractivity contribution < 1.29 is 8.83 Å². The first-order valence-corrected chi connectivity index (χ1v) is 18.4. The maximum atomic E-state index is 6.47. The van der Waals surface area contributed by atoms with Crippen LogP contribution in [0.5, 0.6) is 0 Å². The summed E-state index contributed by atoms with van der Waals surface area (Å²) < 4.78 is 12.9. The molecule has 0 aliphatic carbocycles. The Bertz CT molecular complexity index is 3230. The smallest absolute Gasteiger partial charge is 0.180 e. The molecular weight excluding hydrogens is 691 g/mol. The Balaban J connectivity index is 1.09. The van der Waals surface area contributed by atoms with Gasteiger partial charge in [-0.2, -0.15) is 0 Å². The molecule has 0 aliphatic rings. The average molecular weight is 720 g/mol. The van der Waals surface area contributed by atoms with Crippen LogP contribution in [0.4, 0.5) is 0 Å². The van der Waals surface area contributed by atoms with Gasteiger partial charge in [-0.05, 0) is 47.5 Å². The molecule has 7 heteroatoms. The first-order valence-electron chi connectivity index (χ1n) is 18.4. The Labute approximate surface area is 320 Å². The van der Waals surface area contributed by atoms with Crippen molar-refractivity contribution in [2.24, 2.45) is 0 Å². The molecule has 0 amide bonds. The summed E-state index contributed by atoms with van der Waals surface area (Å²) >= 11 is 0. The van der Waals surface area contributed by atoms with Gasteiger partial charge in [0.15, 0.2) is 28.9 Å². The van der Waals surface area contributed by atoms with E-state index in [0.29, 0.717) is 28.9 Å². The predicted octanol–water partition coefficient (Wildman–Crippen LogP) is 12.5. The summed E-state index contributed by atoms with van der Waals surface area (Å²) in [6.45, 7) is 0. The van der Waals surface area contributed by atoms with Crippen LogP contribution in [-0.4, -0.2) is 24.9 Å². The van der Waals surface area contributed by atoms with E-state index in [-0.39, 0.29) is 0 Å². The van der Waals surface area contributed by atoms with E-state index in [9.17, 15) is 0 Å². The summed E-state index contributed by atoms with van der Waals surface area (Å²) in [6.07, 6.45) is 0. The van der Waals surface area contributed by atoms with E-state index in [1.165, 1.54) is 0 Å². The minimum atomic E-state index is 0.559. The second-order valence-corrected chi connectivity index (χ2v) is 13.6. The Kier molecular flexibility index (Phi) is 7.35. The third-order valence-electron chi connectivity index (χ3n) is 10.2. The molecule has 262 valence electrons. The molecule has 0 spiro atoms. The molecule has 0 radical (unpaired) electrons. The normalized spacial score (nSPS) is 11.6. The standard InChI is InChI=1S/C49H29N5O2/c1-4-13-30(14-5-1)31-23-25-34(26-24-31)47-52-46(33-17-8-3-9-18-33)53-48(54-47)35-27-28-40-38(29-35)42-37(20-12-22-41(42)55-40)49-50-43(32-15-6-2-7-16-32)45-44(51-49)36-19-10-11-21-39(36)56-45/h1-29H. The molecule has 0 saturated carbocycles. The van der Waals surface area contributed by atoms with Crippen molar-refractivity contribution in [3.8, 4) is 67.9 Å². The molecule has 4 heterocycles. The van der Waals surface area contributed by atoms with Gasteiger partial charge in [0.05, 0.1) is 0 Å². The van der Waals surface area contributed by atoms with Crippen LogP contribution in [0.15, 0.2) is 185 Å². The number of rotatable bonds is 6. The predicted molar refractivity (Wildman–Crippen MR) is 223 cm³/mol. The fourth-order valence-corrected chi connectivity index (χ4v) is 7.45. The van der Waals surface area contributed by atoms with E-state index in [1.54, 1.807) is 0 Å². The van der Waals surface area contributed by atoms with Gasteiger partial charge in [-0.3, -0.25) is 0 Å². The van der Waals surface area contributed by atoms with Crippen molar-refractivity contribution in [2.45, 2.75) is 0 Å². The van der Waals surface area contributed by atoms with Gasteiger partial charge in [0.2, 0.25) is 0 Å². The van der Waals surface area contributed by atoms with Crippen molar-refractivity contribution in [3.05, 3.63) is 176 Å². The molecule has 56 heavy (non-hydrogen) atoms. The molecule has 4 aromatic heterocycles. The van der Waals surface area contributed by atoms with E-state index < -0.39 is 0 Å². The third-order valence-corrected chi connectivity index (χ3v) is 10.2. The number of nitrogens with zero attached hydrogens (tertiary/aromatic N) is 5. The van der Waals surface area contributed by atoms with Gasteiger partial charge in [-0.25, -0.2) is 24.9 Å². The third kappa shape index (κ3) is 5.41. The molecule has 0 fully saturated rings. The Morgan fingerprint density at radius 1 is 0.321 bits per heavy atom. The second-order valence-electron chi connectivity index (χ2n) is 13.6. The van der Waals surface area contributed by atoms with Crippen molar-refractivity contribution >= 4 is 44.0 Å². The average Bonchev–Trinajstić information content (AvgIpc) is 3.85. The maximum absolute atomic E-state index is 6.47.